The topological polar surface area (TPSA) is 105 Å². The van der Waals surface area contributed by atoms with E-state index in [0.717, 1.165) is 0 Å². The first-order valence-corrected chi connectivity index (χ1v) is 7.10. The normalized spacial score (nSPS) is 21.7. The van der Waals surface area contributed by atoms with Crippen molar-refractivity contribution in [1.82, 2.24) is 5.32 Å². The van der Waals surface area contributed by atoms with E-state index in [2.05, 4.69) is 10.5 Å². The van der Waals surface area contributed by atoms with Crippen molar-refractivity contribution in [2.24, 2.45) is 5.16 Å². The van der Waals surface area contributed by atoms with Crippen molar-refractivity contribution in [2.45, 2.75) is 31.1 Å². The first-order valence-electron chi connectivity index (χ1n) is 5.47. The maximum atomic E-state index is 11.6. The summed E-state index contributed by atoms with van der Waals surface area (Å²) in [6.45, 7) is 2.21. The molecular formula is C10H16N2O5S. The molecule has 0 saturated carbocycles. The first kappa shape index (κ1) is 14.6. The van der Waals surface area contributed by atoms with Crippen molar-refractivity contribution in [3.8, 4) is 0 Å². The van der Waals surface area contributed by atoms with E-state index in [1.54, 1.807) is 6.26 Å². The van der Waals surface area contributed by atoms with Crippen molar-refractivity contribution in [2.75, 3.05) is 12.8 Å². The molecule has 1 rings (SSSR count). The molecule has 0 bridgehead atoms. The van der Waals surface area contributed by atoms with Gasteiger partial charge < -0.3 is 15.3 Å². The summed E-state index contributed by atoms with van der Waals surface area (Å²) < 4.78 is 11.1. The third kappa shape index (κ3) is 4.10. The molecule has 3 atom stereocenters. The number of oxime groups is 1. The zero-order valence-electron chi connectivity index (χ0n) is 10.2. The summed E-state index contributed by atoms with van der Waals surface area (Å²) in [5, 5.41) is 14.6. The third-order valence-corrected chi connectivity index (χ3v) is 3.99. The van der Waals surface area contributed by atoms with Crippen LogP contribution in [0.4, 0.5) is 0 Å². The molecule has 0 spiro atoms. The number of rotatable bonds is 6. The fourth-order valence-corrected chi connectivity index (χ4v) is 1.77. The van der Waals surface area contributed by atoms with Crippen molar-refractivity contribution in [1.29, 1.82) is 0 Å². The molecule has 0 aromatic heterocycles. The highest BCUT2D eigenvalue weighted by molar-refractivity contribution is 7.84. The van der Waals surface area contributed by atoms with Crippen LogP contribution in [-0.4, -0.2) is 51.1 Å². The fraction of sp³-hybridized carbons (Fsp3) is 0.700. The average Bonchev–Trinajstić information content (AvgIpc) is 2.77. The van der Waals surface area contributed by atoms with Gasteiger partial charge in [-0.3, -0.25) is 9.00 Å². The van der Waals surface area contributed by atoms with Crippen LogP contribution in [0.5, 0.6) is 0 Å². The molecule has 1 aliphatic heterocycles. The van der Waals surface area contributed by atoms with Gasteiger partial charge in [0.1, 0.15) is 0 Å². The molecule has 7 nitrogen and oxygen atoms in total. The molecule has 0 aromatic carbocycles. The summed E-state index contributed by atoms with van der Waals surface area (Å²) in [5.41, 5.74) is -0.154. The summed E-state index contributed by atoms with van der Waals surface area (Å²) in [7, 11) is -0.922. The van der Waals surface area contributed by atoms with Crippen LogP contribution in [0.25, 0.3) is 0 Å². The summed E-state index contributed by atoms with van der Waals surface area (Å²) in [5.74, 6) is -1.58. The van der Waals surface area contributed by atoms with Gasteiger partial charge in [-0.2, -0.15) is 0 Å². The van der Waals surface area contributed by atoms with Crippen molar-refractivity contribution in [3.05, 3.63) is 0 Å². The summed E-state index contributed by atoms with van der Waals surface area (Å²) in [4.78, 5) is 26.9. The van der Waals surface area contributed by atoms with Crippen LogP contribution in [0.1, 0.15) is 19.8 Å². The molecule has 0 fully saturated rings. The Morgan fingerprint density at radius 3 is 2.83 bits per heavy atom. The maximum absolute atomic E-state index is 11.6. The van der Waals surface area contributed by atoms with Crippen LogP contribution < -0.4 is 5.32 Å². The van der Waals surface area contributed by atoms with E-state index >= 15 is 0 Å². The van der Waals surface area contributed by atoms with Gasteiger partial charge in [-0.1, -0.05) is 12.1 Å². The maximum Gasteiger partial charge on any atom is 0.353 e. The Morgan fingerprint density at radius 1 is 1.67 bits per heavy atom. The van der Waals surface area contributed by atoms with Gasteiger partial charge in [0.2, 0.25) is 6.10 Å². The van der Waals surface area contributed by atoms with Crippen molar-refractivity contribution >= 4 is 28.4 Å². The van der Waals surface area contributed by atoms with Crippen LogP contribution in [0.15, 0.2) is 5.16 Å². The monoisotopic (exact) mass is 276 g/mol. The molecule has 1 heterocycles. The number of hydrogen-bond acceptors (Lipinski definition) is 5. The zero-order valence-corrected chi connectivity index (χ0v) is 11.0. The summed E-state index contributed by atoms with van der Waals surface area (Å²) in [6, 6.07) is 0. The lowest BCUT2D eigenvalue weighted by molar-refractivity contribution is -0.131. The molecule has 1 aliphatic rings. The molecule has 102 valence electrons. The summed E-state index contributed by atoms with van der Waals surface area (Å²) >= 11 is 0. The lowest BCUT2D eigenvalue weighted by atomic mass is 10.1. The van der Waals surface area contributed by atoms with E-state index in [4.69, 9.17) is 9.94 Å². The van der Waals surface area contributed by atoms with Crippen LogP contribution in [-0.2, 0) is 25.2 Å². The smallest absolute Gasteiger partial charge is 0.353 e. The zero-order chi connectivity index (χ0) is 13.7. The Morgan fingerprint density at radius 2 is 2.33 bits per heavy atom. The molecule has 18 heavy (non-hydrogen) atoms. The number of amides is 1. The molecule has 0 radical (unpaired) electrons. The molecule has 0 aromatic rings. The van der Waals surface area contributed by atoms with Crippen molar-refractivity contribution < 1.29 is 23.7 Å². The SMILES string of the molecule is CC(CCNC(=O)C1CC(C(=O)O)=NO1)S(C)=O. The Hall–Kier alpha value is -1.44. The number of carboxylic acid groups (broad SMARTS) is 1. The standard InChI is InChI=1S/C10H16N2O5S/c1-6(18(2)16)3-4-11-9(13)8-5-7(10(14)15)12-17-8/h6,8H,3-5H2,1-2H3,(H,11,13)(H,14,15). The summed E-state index contributed by atoms with van der Waals surface area (Å²) in [6.07, 6.45) is 1.29. The Balaban J connectivity index is 2.27. The van der Waals surface area contributed by atoms with Crippen LogP contribution in [0.3, 0.4) is 0 Å². The van der Waals surface area contributed by atoms with Crippen molar-refractivity contribution in [3.63, 3.8) is 0 Å². The van der Waals surface area contributed by atoms with E-state index in [0.29, 0.717) is 13.0 Å². The minimum Gasteiger partial charge on any atom is -0.477 e. The quantitative estimate of drug-likeness (QED) is 0.679. The van der Waals surface area contributed by atoms with Crippen LogP contribution in [0.2, 0.25) is 0 Å². The largest absolute Gasteiger partial charge is 0.477 e. The van der Waals surface area contributed by atoms with Gasteiger partial charge in [-0.05, 0) is 6.42 Å². The number of hydrogen-bond donors (Lipinski definition) is 2. The van der Waals surface area contributed by atoms with E-state index in [-0.39, 0.29) is 17.4 Å². The third-order valence-electron chi connectivity index (χ3n) is 2.62. The Labute approximate surface area is 107 Å². The van der Waals surface area contributed by atoms with E-state index in [9.17, 15) is 13.8 Å². The van der Waals surface area contributed by atoms with Gasteiger partial charge in [0, 0.05) is 35.3 Å². The lowest BCUT2D eigenvalue weighted by Gasteiger charge is -2.11. The van der Waals surface area contributed by atoms with Gasteiger partial charge in [-0.25, -0.2) is 4.79 Å². The van der Waals surface area contributed by atoms with Gasteiger partial charge in [0.05, 0.1) is 0 Å². The Bertz CT molecular complexity index is 396. The Kier molecular flexibility index (Phi) is 5.26. The second-order valence-corrected chi connectivity index (χ2v) is 5.83. The minimum atomic E-state index is -1.18. The van der Waals surface area contributed by atoms with Crippen LogP contribution in [0, 0.1) is 0 Å². The average molecular weight is 276 g/mol. The number of nitrogens with zero attached hydrogens (tertiary/aromatic N) is 1. The highest BCUT2D eigenvalue weighted by Crippen LogP contribution is 2.10. The highest BCUT2D eigenvalue weighted by Gasteiger charge is 2.31. The molecule has 0 aliphatic carbocycles. The van der Waals surface area contributed by atoms with Gasteiger partial charge in [0.15, 0.2) is 5.71 Å². The molecule has 2 N–H and O–H groups in total. The number of carbonyl (C=O) groups is 2. The van der Waals surface area contributed by atoms with Gasteiger partial charge in [0.25, 0.3) is 5.91 Å². The molecule has 0 saturated heterocycles. The number of nitrogens with one attached hydrogen (secondary N) is 1. The minimum absolute atomic E-state index is 0.000581. The second kappa shape index (κ2) is 6.48. The number of carboxylic acids is 1. The lowest BCUT2D eigenvalue weighted by Crippen LogP contribution is -2.36. The number of carbonyl (C=O) groups excluding carboxylic acids is 1. The van der Waals surface area contributed by atoms with Gasteiger partial charge in [-0.15, -0.1) is 0 Å². The van der Waals surface area contributed by atoms with E-state index in [1.807, 2.05) is 6.92 Å². The molecule has 1 amide bonds. The molecular weight excluding hydrogens is 260 g/mol. The first-order chi connectivity index (χ1) is 8.41. The predicted octanol–water partition coefficient (Wildman–Crippen LogP) is -0.511. The van der Waals surface area contributed by atoms with Crippen LogP contribution >= 0.6 is 0 Å². The fourth-order valence-electron chi connectivity index (χ4n) is 1.32. The molecule has 3 unspecified atom stereocenters. The highest BCUT2D eigenvalue weighted by atomic mass is 32.2. The van der Waals surface area contributed by atoms with E-state index < -0.39 is 28.8 Å². The van der Waals surface area contributed by atoms with E-state index in [1.165, 1.54) is 0 Å². The number of aliphatic carboxylic acids is 1. The van der Waals surface area contributed by atoms with Gasteiger partial charge >= 0.3 is 5.97 Å². The molecule has 8 heteroatoms. The predicted molar refractivity (Wildman–Crippen MR) is 65.7 cm³/mol. The second-order valence-electron chi connectivity index (χ2n) is 4.03.